The summed E-state index contributed by atoms with van der Waals surface area (Å²) in [5.41, 5.74) is 0.710. The van der Waals surface area contributed by atoms with E-state index >= 15 is 0 Å². The van der Waals surface area contributed by atoms with Crippen LogP contribution in [0.4, 0.5) is 0 Å². The van der Waals surface area contributed by atoms with Crippen molar-refractivity contribution in [1.82, 2.24) is 5.32 Å². The van der Waals surface area contributed by atoms with Crippen LogP contribution in [-0.4, -0.2) is 28.7 Å². The van der Waals surface area contributed by atoms with Crippen molar-refractivity contribution in [2.45, 2.75) is 6.42 Å². The molecule has 1 aromatic heterocycles. The van der Waals surface area contributed by atoms with E-state index in [-0.39, 0.29) is 5.91 Å². The highest BCUT2D eigenvalue weighted by Gasteiger charge is 2.06. The van der Waals surface area contributed by atoms with Crippen LogP contribution in [0, 0.1) is 2.88 Å². The minimum absolute atomic E-state index is 0.0453. The Morgan fingerprint density at radius 3 is 2.93 bits per heavy atom. The third kappa shape index (κ3) is 5.07. The van der Waals surface area contributed by atoms with Gasteiger partial charge in [0.25, 0.3) is 5.91 Å². The Labute approximate surface area is 109 Å². The number of halogens is 1. The van der Waals surface area contributed by atoms with Crippen LogP contribution < -0.4 is 5.32 Å². The average molecular weight is 357 g/mol. The molecule has 0 radical (unpaired) electrons. The first-order valence-electron chi connectivity index (χ1n) is 4.42. The summed E-state index contributed by atoms with van der Waals surface area (Å²) >= 11 is 3.74. The van der Waals surface area contributed by atoms with Crippen LogP contribution in [0.1, 0.15) is 16.8 Å². The molecule has 0 aliphatic heterocycles. The minimum atomic E-state index is -0.771. The Morgan fingerprint density at radius 1 is 1.67 bits per heavy atom. The maximum atomic E-state index is 11.5. The molecule has 1 unspecified atom stereocenters. The summed E-state index contributed by atoms with van der Waals surface area (Å²) in [4.78, 5) is 11.5. The minimum Gasteiger partial charge on any atom is -0.352 e. The molecule has 0 saturated carbocycles. The molecule has 1 heterocycles. The molecule has 3 nitrogen and oxygen atoms in total. The zero-order valence-corrected chi connectivity index (χ0v) is 12.1. The molecule has 1 amide bonds. The largest absolute Gasteiger partial charge is 0.352 e. The van der Waals surface area contributed by atoms with Gasteiger partial charge >= 0.3 is 0 Å². The molecule has 0 fully saturated rings. The smallest absolute Gasteiger partial charge is 0.252 e. The first-order chi connectivity index (χ1) is 7.09. The molecule has 1 N–H and O–H groups in total. The fraction of sp³-hybridized carbons (Fsp3) is 0.444. The van der Waals surface area contributed by atoms with Crippen molar-refractivity contribution in [3.8, 4) is 0 Å². The molecule has 0 bridgehead atoms. The second-order valence-electron chi connectivity index (χ2n) is 3.03. The Kier molecular flexibility index (Phi) is 5.77. The zero-order valence-electron chi connectivity index (χ0n) is 8.29. The van der Waals surface area contributed by atoms with Gasteiger partial charge in [0.15, 0.2) is 0 Å². The van der Waals surface area contributed by atoms with Gasteiger partial charge in [0, 0.05) is 34.7 Å². The van der Waals surface area contributed by atoms with Gasteiger partial charge in [-0.2, -0.15) is 0 Å². The van der Waals surface area contributed by atoms with Crippen molar-refractivity contribution in [3.05, 3.63) is 19.9 Å². The molecule has 6 heteroatoms. The topological polar surface area (TPSA) is 46.2 Å². The number of carbonyl (C=O) groups excluding carboxylic acids is 1. The van der Waals surface area contributed by atoms with Crippen LogP contribution in [0.5, 0.6) is 0 Å². The standard InChI is InChI=1S/C9H12INO2S2/c1-15(13)4-2-3-11-9(12)7-5-8(10)14-6-7/h5-6H,2-4H2,1H3,(H,11,12). The number of hydrogen-bond acceptors (Lipinski definition) is 3. The van der Waals surface area contributed by atoms with Crippen molar-refractivity contribution in [2.24, 2.45) is 0 Å². The predicted molar refractivity (Wildman–Crippen MR) is 72.9 cm³/mol. The van der Waals surface area contributed by atoms with Gasteiger partial charge in [-0.1, -0.05) is 0 Å². The van der Waals surface area contributed by atoms with Gasteiger partial charge in [0.2, 0.25) is 0 Å². The Morgan fingerprint density at radius 2 is 2.40 bits per heavy atom. The molecule has 0 aliphatic rings. The molecule has 0 spiro atoms. The summed E-state index contributed by atoms with van der Waals surface area (Å²) in [6.45, 7) is 0.588. The maximum absolute atomic E-state index is 11.5. The lowest BCUT2D eigenvalue weighted by atomic mass is 10.3. The number of nitrogens with one attached hydrogen (secondary N) is 1. The molecule has 0 saturated heterocycles. The second kappa shape index (κ2) is 6.59. The van der Waals surface area contributed by atoms with E-state index in [4.69, 9.17) is 0 Å². The highest BCUT2D eigenvalue weighted by atomic mass is 127. The SMILES string of the molecule is CS(=O)CCCNC(=O)c1csc(I)c1. The third-order valence-electron chi connectivity index (χ3n) is 1.72. The normalized spacial score (nSPS) is 12.4. The molecule has 0 aromatic carbocycles. The van der Waals surface area contributed by atoms with Crippen LogP contribution in [0.2, 0.25) is 0 Å². The lowest BCUT2D eigenvalue weighted by Gasteiger charge is -2.01. The highest BCUT2D eigenvalue weighted by molar-refractivity contribution is 14.1. The van der Waals surface area contributed by atoms with Crippen molar-refractivity contribution in [3.63, 3.8) is 0 Å². The predicted octanol–water partition coefficient (Wildman–Crippen LogP) is 1.85. The maximum Gasteiger partial charge on any atom is 0.252 e. The lowest BCUT2D eigenvalue weighted by molar-refractivity contribution is 0.0954. The summed E-state index contributed by atoms with van der Waals surface area (Å²) in [5, 5.41) is 4.64. The van der Waals surface area contributed by atoms with Gasteiger partial charge in [0.1, 0.15) is 0 Å². The summed E-state index contributed by atoms with van der Waals surface area (Å²) in [7, 11) is -0.771. The average Bonchev–Trinajstić information content (AvgIpc) is 2.59. The van der Waals surface area contributed by atoms with E-state index in [1.807, 2.05) is 11.4 Å². The monoisotopic (exact) mass is 357 g/mol. The molecule has 0 aliphatic carbocycles. The van der Waals surface area contributed by atoms with Gasteiger partial charge in [-0.25, -0.2) is 0 Å². The van der Waals surface area contributed by atoms with E-state index < -0.39 is 10.8 Å². The molecule has 1 atom stereocenters. The van der Waals surface area contributed by atoms with Crippen LogP contribution in [0.15, 0.2) is 11.4 Å². The molecule has 1 rings (SSSR count). The van der Waals surface area contributed by atoms with Gasteiger partial charge in [-0.3, -0.25) is 9.00 Å². The first-order valence-corrected chi connectivity index (χ1v) is 8.10. The van der Waals surface area contributed by atoms with Crippen LogP contribution >= 0.6 is 33.9 Å². The Balaban J connectivity index is 2.28. The number of thiophene rings is 1. The zero-order chi connectivity index (χ0) is 11.3. The van der Waals surface area contributed by atoms with Crippen LogP contribution in [0.3, 0.4) is 0 Å². The second-order valence-corrected chi connectivity index (χ2v) is 7.39. The van der Waals surface area contributed by atoms with Gasteiger partial charge in [-0.15, -0.1) is 11.3 Å². The number of carbonyl (C=O) groups is 1. The number of hydrogen-bond donors (Lipinski definition) is 1. The summed E-state index contributed by atoms with van der Waals surface area (Å²) in [6.07, 6.45) is 2.43. The molecule has 1 aromatic rings. The molecule has 84 valence electrons. The van der Waals surface area contributed by atoms with E-state index in [0.29, 0.717) is 17.9 Å². The fourth-order valence-corrected chi connectivity index (χ4v) is 2.89. The van der Waals surface area contributed by atoms with Crippen LogP contribution in [-0.2, 0) is 10.8 Å². The molecule has 15 heavy (non-hydrogen) atoms. The summed E-state index contributed by atoms with van der Waals surface area (Å²) in [5.74, 6) is 0.595. The van der Waals surface area contributed by atoms with Gasteiger partial charge in [0.05, 0.1) is 8.45 Å². The van der Waals surface area contributed by atoms with Crippen molar-refractivity contribution < 1.29 is 9.00 Å². The van der Waals surface area contributed by atoms with Gasteiger partial charge < -0.3 is 5.32 Å². The summed E-state index contributed by atoms with van der Waals surface area (Å²) < 4.78 is 11.9. The number of amides is 1. The number of rotatable bonds is 5. The van der Waals surface area contributed by atoms with Crippen molar-refractivity contribution in [2.75, 3.05) is 18.6 Å². The lowest BCUT2D eigenvalue weighted by Crippen LogP contribution is -2.24. The molecular formula is C9H12INO2S2. The van der Waals surface area contributed by atoms with E-state index in [9.17, 15) is 9.00 Å². The van der Waals surface area contributed by atoms with Crippen molar-refractivity contribution in [1.29, 1.82) is 0 Å². The highest BCUT2D eigenvalue weighted by Crippen LogP contribution is 2.16. The Hall–Kier alpha value is 0.0500. The quantitative estimate of drug-likeness (QED) is 0.646. The van der Waals surface area contributed by atoms with E-state index in [1.54, 1.807) is 17.6 Å². The van der Waals surface area contributed by atoms with E-state index in [0.717, 1.165) is 9.30 Å². The third-order valence-corrected chi connectivity index (χ3v) is 4.38. The molecular weight excluding hydrogens is 345 g/mol. The fourth-order valence-electron chi connectivity index (χ4n) is 1.01. The Bertz CT molecular complexity index is 365. The van der Waals surface area contributed by atoms with E-state index in [1.165, 1.54) is 0 Å². The van der Waals surface area contributed by atoms with Crippen molar-refractivity contribution >= 4 is 50.6 Å². The first kappa shape index (κ1) is 13.1. The van der Waals surface area contributed by atoms with Crippen LogP contribution in [0.25, 0.3) is 0 Å². The van der Waals surface area contributed by atoms with Gasteiger partial charge in [-0.05, 0) is 35.1 Å². The van der Waals surface area contributed by atoms with E-state index in [2.05, 4.69) is 27.9 Å². The summed E-state index contributed by atoms with van der Waals surface area (Å²) in [6, 6.07) is 1.86.